The molecule has 6 aromatic heterocycles. The molecule has 108 valence electrons. The van der Waals surface area contributed by atoms with Crippen molar-refractivity contribution in [2.75, 3.05) is 0 Å². The summed E-state index contributed by atoms with van der Waals surface area (Å²) in [6, 6.07) is 0. The van der Waals surface area contributed by atoms with Crippen LogP contribution in [0.2, 0.25) is 0 Å². The Morgan fingerprint density at radius 3 is 0.542 bits per heavy atom. The lowest BCUT2D eigenvalue weighted by atomic mass is 9.94. The van der Waals surface area contributed by atoms with Gasteiger partial charge in [-0.1, -0.05) is 0 Å². The molecular weight excluding hydrogens is 312 g/mol. The Hall–Kier alpha value is -3.54. The van der Waals surface area contributed by atoms with Crippen LogP contribution in [0.5, 0.6) is 0 Å². The summed E-state index contributed by atoms with van der Waals surface area (Å²) in [5.74, 6) is 0. The molecule has 10 rings (SSSR count). The monoisotopic (exact) mass is 312 g/mol. The first-order valence-corrected chi connectivity index (χ1v) is 7.70. The van der Waals surface area contributed by atoms with E-state index in [-0.39, 0.29) is 0 Å². The summed E-state index contributed by atoms with van der Waals surface area (Å²) >= 11 is 0. The van der Waals surface area contributed by atoms with Crippen molar-refractivity contribution in [3.05, 3.63) is 0 Å². The third-order valence-corrected chi connectivity index (χ3v) is 5.69. The van der Waals surface area contributed by atoms with Crippen LogP contribution >= 0.6 is 0 Å². The van der Waals surface area contributed by atoms with Crippen molar-refractivity contribution in [3.8, 4) is 0 Å². The SMILES string of the molecule is o1c2c3oc3c3c(c12)c1c2oc2c2oc2c1c1c2oc2c2oc2c31. The van der Waals surface area contributed by atoms with Crippen LogP contribution in [0, 0.1) is 0 Å². The zero-order valence-electron chi connectivity index (χ0n) is 11.4. The molecule has 0 amide bonds. The highest BCUT2D eigenvalue weighted by Crippen LogP contribution is 2.60. The van der Waals surface area contributed by atoms with Crippen molar-refractivity contribution in [2.24, 2.45) is 0 Å². The quantitative estimate of drug-likeness (QED) is 0.308. The van der Waals surface area contributed by atoms with Gasteiger partial charge in [-0.25, -0.2) is 0 Å². The molecule has 0 saturated carbocycles. The van der Waals surface area contributed by atoms with Crippen LogP contribution in [-0.2, 0) is 0 Å². The second kappa shape index (κ2) is 2.08. The Bertz CT molecular complexity index is 1600. The van der Waals surface area contributed by atoms with Gasteiger partial charge in [-0.3, -0.25) is 0 Å². The molecule has 0 aliphatic rings. The smallest absolute Gasteiger partial charge is 0.217 e. The summed E-state index contributed by atoms with van der Waals surface area (Å²) in [6.07, 6.45) is 0. The molecule has 6 heteroatoms. The van der Waals surface area contributed by atoms with Gasteiger partial charge in [-0.05, 0) is 0 Å². The molecule has 0 N–H and O–H groups in total. The molecule has 6 nitrogen and oxygen atoms in total. The first-order valence-electron chi connectivity index (χ1n) is 7.70. The van der Waals surface area contributed by atoms with Gasteiger partial charge in [0.25, 0.3) is 0 Å². The molecule has 0 atom stereocenters. The Kier molecular flexibility index (Phi) is 0.774. The van der Waals surface area contributed by atoms with Gasteiger partial charge >= 0.3 is 0 Å². The summed E-state index contributed by atoms with van der Waals surface area (Å²) in [4.78, 5) is 0. The molecule has 0 fully saturated rings. The lowest BCUT2D eigenvalue weighted by Crippen LogP contribution is -1.78. The van der Waals surface area contributed by atoms with Crippen LogP contribution in [0.15, 0.2) is 26.5 Å². The Morgan fingerprint density at radius 1 is 0.208 bits per heavy atom. The number of fused-ring (bicyclic) bond motifs is 21. The minimum absolute atomic E-state index is 0.850. The van der Waals surface area contributed by atoms with Gasteiger partial charge in [0.05, 0.1) is 0 Å². The van der Waals surface area contributed by atoms with E-state index in [1.165, 1.54) is 0 Å². The molecule has 0 spiro atoms. The maximum Gasteiger partial charge on any atom is 0.217 e. The average molecular weight is 312 g/mol. The minimum atomic E-state index is 0.850. The summed E-state index contributed by atoms with van der Waals surface area (Å²) in [5, 5.41) is 6.22. The standard InChI is InChI=1S/C18O6/c19-7-1-2(8-14(20-8)13(7)19)4-6(12-18(24-12)17-11(4)23-17)5-3(1)9-15(21-9)16-10(5)22-16. The van der Waals surface area contributed by atoms with E-state index in [1.807, 2.05) is 0 Å². The number of hydrogen-bond donors (Lipinski definition) is 0. The second-order valence-corrected chi connectivity index (χ2v) is 6.81. The zero-order chi connectivity index (χ0) is 14.6. The normalized spacial score (nSPS) is 15.5. The van der Waals surface area contributed by atoms with Gasteiger partial charge in [0, 0.05) is 32.3 Å². The predicted octanol–water partition coefficient (Wildman–Crippen LogP) is 6.25. The number of rotatable bonds is 0. The van der Waals surface area contributed by atoms with Crippen LogP contribution < -0.4 is 0 Å². The summed E-state index contributed by atoms with van der Waals surface area (Å²) in [5.41, 5.74) is 10.4. The Labute approximate surface area is 126 Å². The van der Waals surface area contributed by atoms with Gasteiger partial charge in [0.15, 0.2) is 33.5 Å². The minimum Gasteiger partial charge on any atom is -0.445 e. The molecule has 6 heterocycles. The van der Waals surface area contributed by atoms with E-state index in [0.717, 1.165) is 99.3 Å². The Balaban J connectivity index is 1.80. The fraction of sp³-hybridized carbons (Fsp3) is 0. The highest BCUT2D eigenvalue weighted by molar-refractivity contribution is 6.51. The lowest BCUT2D eigenvalue weighted by Gasteiger charge is -2.00. The van der Waals surface area contributed by atoms with Gasteiger partial charge in [0.2, 0.25) is 33.5 Å². The van der Waals surface area contributed by atoms with Gasteiger partial charge in [-0.15, -0.1) is 0 Å². The van der Waals surface area contributed by atoms with Crippen LogP contribution in [-0.4, -0.2) is 0 Å². The molecule has 24 heavy (non-hydrogen) atoms. The third-order valence-electron chi connectivity index (χ3n) is 5.69. The van der Waals surface area contributed by atoms with E-state index in [1.54, 1.807) is 0 Å². The van der Waals surface area contributed by atoms with Crippen LogP contribution in [0.4, 0.5) is 0 Å². The zero-order valence-corrected chi connectivity index (χ0v) is 11.4. The van der Waals surface area contributed by atoms with E-state index in [9.17, 15) is 0 Å². The highest BCUT2D eigenvalue weighted by atomic mass is 16.4. The van der Waals surface area contributed by atoms with Gasteiger partial charge < -0.3 is 26.5 Å². The molecule has 0 radical (unpaired) electrons. The van der Waals surface area contributed by atoms with Crippen LogP contribution in [0.1, 0.15) is 0 Å². The molecule has 4 aromatic carbocycles. The van der Waals surface area contributed by atoms with Crippen molar-refractivity contribution in [1.29, 1.82) is 0 Å². The van der Waals surface area contributed by atoms with Crippen molar-refractivity contribution in [3.63, 3.8) is 0 Å². The molecule has 0 bridgehead atoms. The average Bonchev–Trinajstić information content (AvgIpc) is 3.47. The van der Waals surface area contributed by atoms with Crippen molar-refractivity contribution in [1.82, 2.24) is 0 Å². The predicted molar refractivity (Wildman–Crippen MR) is 84.7 cm³/mol. The number of benzene rings is 4. The van der Waals surface area contributed by atoms with Crippen molar-refractivity contribution < 1.29 is 26.5 Å². The topological polar surface area (TPSA) is 78.8 Å². The lowest BCUT2D eigenvalue weighted by molar-refractivity contribution is 0.732. The van der Waals surface area contributed by atoms with E-state index < -0.39 is 0 Å². The molecule has 0 aliphatic carbocycles. The summed E-state index contributed by atoms with van der Waals surface area (Å²) < 4.78 is 34.4. The van der Waals surface area contributed by atoms with Gasteiger partial charge in [0.1, 0.15) is 0 Å². The molecular formula is C18O6. The second-order valence-electron chi connectivity index (χ2n) is 6.81. The summed E-state index contributed by atoms with van der Waals surface area (Å²) in [6.45, 7) is 0. The molecule has 10 aromatic rings. The maximum atomic E-state index is 5.73. The number of hydrogen-bond acceptors (Lipinski definition) is 6. The maximum absolute atomic E-state index is 5.73. The van der Waals surface area contributed by atoms with Crippen LogP contribution in [0.3, 0.4) is 0 Å². The van der Waals surface area contributed by atoms with E-state index >= 15 is 0 Å². The molecule has 0 saturated heterocycles. The van der Waals surface area contributed by atoms with E-state index in [0.29, 0.717) is 0 Å². The first-order chi connectivity index (χ1) is 11.9. The fourth-order valence-electron chi connectivity index (χ4n) is 4.46. The fourth-order valence-corrected chi connectivity index (χ4v) is 4.46. The van der Waals surface area contributed by atoms with Gasteiger partial charge in [-0.2, -0.15) is 0 Å². The van der Waals surface area contributed by atoms with Crippen molar-refractivity contribution >= 4 is 99.3 Å². The first kappa shape index (κ1) is 8.93. The van der Waals surface area contributed by atoms with Crippen molar-refractivity contribution in [2.45, 2.75) is 0 Å². The molecule has 0 unspecified atom stereocenters. The highest BCUT2D eigenvalue weighted by Gasteiger charge is 2.39. The molecule has 0 aliphatic heterocycles. The summed E-state index contributed by atoms with van der Waals surface area (Å²) in [7, 11) is 0. The largest absolute Gasteiger partial charge is 0.445 e. The van der Waals surface area contributed by atoms with E-state index in [2.05, 4.69) is 0 Å². The van der Waals surface area contributed by atoms with E-state index in [4.69, 9.17) is 26.5 Å². The Morgan fingerprint density at radius 2 is 0.375 bits per heavy atom. The van der Waals surface area contributed by atoms with Crippen LogP contribution in [0.25, 0.3) is 99.3 Å². The third kappa shape index (κ3) is 0.658.